The summed E-state index contributed by atoms with van der Waals surface area (Å²) < 4.78 is 28.5. The Labute approximate surface area is 137 Å². The predicted molar refractivity (Wildman–Crippen MR) is 91.2 cm³/mol. The van der Waals surface area contributed by atoms with Gasteiger partial charge in [-0.2, -0.15) is 0 Å². The van der Waals surface area contributed by atoms with Gasteiger partial charge in [-0.1, -0.05) is 54.1 Å². The van der Waals surface area contributed by atoms with E-state index in [4.69, 9.17) is 4.74 Å². The number of rotatable bonds is 11. The van der Waals surface area contributed by atoms with Gasteiger partial charge in [0, 0.05) is 11.6 Å². The average Bonchev–Trinajstić information content (AvgIpc) is 2.45. The highest BCUT2D eigenvalue weighted by molar-refractivity contribution is 9.09. The average molecular weight is 377 g/mol. The lowest BCUT2D eigenvalue weighted by Gasteiger charge is -2.07. The van der Waals surface area contributed by atoms with Crippen molar-refractivity contribution in [3.8, 4) is 5.75 Å². The van der Waals surface area contributed by atoms with Crippen molar-refractivity contribution in [3.05, 3.63) is 24.3 Å². The van der Waals surface area contributed by atoms with Crippen LogP contribution in [0, 0.1) is 0 Å². The van der Waals surface area contributed by atoms with Gasteiger partial charge >= 0.3 is 0 Å². The SMILES string of the molecule is CS(=O)(=O)c1cccc(OCCCCCCCCCBr)c1. The summed E-state index contributed by atoms with van der Waals surface area (Å²) in [6, 6.07) is 6.70. The second-order valence-electron chi connectivity index (χ2n) is 5.26. The molecule has 0 aliphatic rings. The first kappa shape index (κ1) is 18.5. The number of benzene rings is 1. The molecule has 3 nitrogen and oxygen atoms in total. The molecule has 1 aromatic carbocycles. The first-order chi connectivity index (χ1) is 10.0. The van der Waals surface area contributed by atoms with Crippen LogP contribution in [0.25, 0.3) is 0 Å². The maximum absolute atomic E-state index is 11.4. The lowest BCUT2D eigenvalue weighted by molar-refractivity contribution is 0.303. The van der Waals surface area contributed by atoms with Gasteiger partial charge < -0.3 is 4.74 Å². The van der Waals surface area contributed by atoms with E-state index >= 15 is 0 Å². The predicted octanol–water partition coefficient (Wildman–Crippen LogP) is 4.59. The Balaban J connectivity index is 2.16. The lowest BCUT2D eigenvalue weighted by atomic mass is 10.1. The molecule has 21 heavy (non-hydrogen) atoms. The van der Waals surface area contributed by atoms with Crippen LogP contribution in [0.15, 0.2) is 29.2 Å². The Bertz CT molecular complexity index is 500. The van der Waals surface area contributed by atoms with Gasteiger partial charge in [-0.05, 0) is 31.0 Å². The summed E-state index contributed by atoms with van der Waals surface area (Å²) >= 11 is 3.44. The van der Waals surface area contributed by atoms with Crippen molar-refractivity contribution < 1.29 is 13.2 Å². The van der Waals surface area contributed by atoms with Gasteiger partial charge in [0.05, 0.1) is 11.5 Å². The van der Waals surface area contributed by atoms with Crippen LogP contribution in [0.1, 0.15) is 44.9 Å². The zero-order valence-corrected chi connectivity index (χ0v) is 15.1. The molecular weight excluding hydrogens is 352 g/mol. The Morgan fingerprint density at radius 3 is 2.24 bits per heavy atom. The number of unbranched alkanes of at least 4 members (excludes halogenated alkanes) is 6. The molecule has 1 rings (SSSR count). The molecule has 0 aromatic heterocycles. The molecule has 0 amide bonds. The minimum Gasteiger partial charge on any atom is -0.494 e. The molecule has 0 N–H and O–H groups in total. The molecular formula is C16H25BrO3S. The number of alkyl halides is 1. The third kappa shape index (κ3) is 8.47. The minimum atomic E-state index is -3.16. The fourth-order valence-electron chi connectivity index (χ4n) is 2.07. The summed E-state index contributed by atoms with van der Waals surface area (Å²) in [6.07, 6.45) is 9.80. The third-order valence-corrected chi connectivity index (χ3v) is 4.95. The van der Waals surface area contributed by atoms with Crippen LogP contribution in [0.4, 0.5) is 0 Å². The molecule has 0 saturated carbocycles. The molecule has 0 aliphatic carbocycles. The Morgan fingerprint density at radius 1 is 1.00 bits per heavy atom. The van der Waals surface area contributed by atoms with E-state index in [1.165, 1.54) is 44.8 Å². The van der Waals surface area contributed by atoms with Crippen LogP contribution in [0.3, 0.4) is 0 Å². The first-order valence-corrected chi connectivity index (χ1v) is 10.5. The smallest absolute Gasteiger partial charge is 0.175 e. The van der Waals surface area contributed by atoms with Gasteiger partial charge in [0.25, 0.3) is 0 Å². The standard InChI is InChI=1S/C16H25BrO3S/c1-21(18,19)16-11-9-10-15(14-16)20-13-8-6-4-2-3-5-7-12-17/h9-11,14H,2-8,12-13H2,1H3. The minimum absolute atomic E-state index is 0.312. The van der Waals surface area contributed by atoms with E-state index in [2.05, 4.69) is 15.9 Å². The van der Waals surface area contributed by atoms with Crippen molar-refractivity contribution in [2.45, 2.75) is 49.8 Å². The van der Waals surface area contributed by atoms with E-state index in [0.717, 1.165) is 11.8 Å². The molecule has 0 atom stereocenters. The van der Waals surface area contributed by atoms with E-state index in [0.29, 0.717) is 17.3 Å². The molecule has 0 aliphatic heterocycles. The summed E-state index contributed by atoms with van der Waals surface area (Å²) in [7, 11) is -3.16. The van der Waals surface area contributed by atoms with E-state index in [-0.39, 0.29) is 0 Å². The summed E-state index contributed by atoms with van der Waals surface area (Å²) in [5, 5.41) is 1.10. The highest BCUT2D eigenvalue weighted by Gasteiger charge is 2.07. The van der Waals surface area contributed by atoms with Crippen LogP contribution < -0.4 is 4.74 Å². The fourth-order valence-corrected chi connectivity index (χ4v) is 3.12. The fraction of sp³-hybridized carbons (Fsp3) is 0.625. The second kappa shape index (κ2) is 10.2. The lowest BCUT2D eigenvalue weighted by Crippen LogP contribution is -2.00. The van der Waals surface area contributed by atoms with Crippen molar-refractivity contribution in [1.82, 2.24) is 0 Å². The second-order valence-corrected chi connectivity index (χ2v) is 8.07. The molecule has 0 unspecified atom stereocenters. The molecule has 0 spiro atoms. The monoisotopic (exact) mass is 376 g/mol. The Hall–Kier alpha value is -0.550. The van der Waals surface area contributed by atoms with E-state index in [1.54, 1.807) is 24.3 Å². The van der Waals surface area contributed by atoms with Crippen molar-refractivity contribution in [2.75, 3.05) is 18.2 Å². The molecule has 120 valence electrons. The number of ether oxygens (including phenoxy) is 1. The van der Waals surface area contributed by atoms with Crippen LogP contribution >= 0.6 is 15.9 Å². The Kier molecular flexibility index (Phi) is 9.00. The van der Waals surface area contributed by atoms with E-state index < -0.39 is 9.84 Å². The van der Waals surface area contributed by atoms with Crippen molar-refractivity contribution in [2.24, 2.45) is 0 Å². The molecule has 0 fully saturated rings. The molecule has 0 saturated heterocycles. The summed E-state index contributed by atoms with van der Waals surface area (Å²) in [6.45, 7) is 0.647. The van der Waals surface area contributed by atoms with Crippen molar-refractivity contribution in [1.29, 1.82) is 0 Å². The Morgan fingerprint density at radius 2 is 1.62 bits per heavy atom. The van der Waals surface area contributed by atoms with E-state index in [9.17, 15) is 8.42 Å². The molecule has 0 heterocycles. The largest absolute Gasteiger partial charge is 0.494 e. The highest BCUT2D eigenvalue weighted by Crippen LogP contribution is 2.18. The maximum atomic E-state index is 11.4. The van der Waals surface area contributed by atoms with Gasteiger partial charge in [0.2, 0.25) is 0 Å². The zero-order chi connectivity index (χ0) is 15.6. The number of halogens is 1. The maximum Gasteiger partial charge on any atom is 0.175 e. The van der Waals surface area contributed by atoms with Gasteiger partial charge in [0.15, 0.2) is 9.84 Å². The van der Waals surface area contributed by atoms with Crippen molar-refractivity contribution in [3.63, 3.8) is 0 Å². The highest BCUT2D eigenvalue weighted by atomic mass is 79.9. The van der Waals surface area contributed by atoms with Crippen LogP contribution in [-0.4, -0.2) is 26.6 Å². The summed E-state index contributed by atoms with van der Waals surface area (Å²) in [5.74, 6) is 0.634. The van der Waals surface area contributed by atoms with Crippen molar-refractivity contribution >= 4 is 25.8 Å². The molecule has 0 bridgehead atoms. The summed E-state index contributed by atoms with van der Waals surface area (Å²) in [5.41, 5.74) is 0. The van der Waals surface area contributed by atoms with Gasteiger partial charge in [-0.15, -0.1) is 0 Å². The third-order valence-electron chi connectivity index (χ3n) is 3.28. The number of hydrogen-bond donors (Lipinski definition) is 0. The van der Waals surface area contributed by atoms with Crippen LogP contribution in [0.5, 0.6) is 5.75 Å². The van der Waals surface area contributed by atoms with Gasteiger partial charge in [-0.25, -0.2) is 8.42 Å². The number of hydrogen-bond acceptors (Lipinski definition) is 3. The topological polar surface area (TPSA) is 43.4 Å². The molecule has 0 radical (unpaired) electrons. The first-order valence-electron chi connectivity index (χ1n) is 7.53. The van der Waals surface area contributed by atoms with Crippen LogP contribution in [-0.2, 0) is 9.84 Å². The van der Waals surface area contributed by atoms with Gasteiger partial charge in [0.1, 0.15) is 5.75 Å². The van der Waals surface area contributed by atoms with E-state index in [1.807, 2.05) is 0 Å². The van der Waals surface area contributed by atoms with Gasteiger partial charge in [-0.3, -0.25) is 0 Å². The molecule has 1 aromatic rings. The molecule has 5 heteroatoms. The van der Waals surface area contributed by atoms with Crippen LogP contribution in [0.2, 0.25) is 0 Å². The summed E-state index contributed by atoms with van der Waals surface area (Å²) in [4.78, 5) is 0.312. The zero-order valence-electron chi connectivity index (χ0n) is 12.7. The number of sulfone groups is 1. The normalized spacial score (nSPS) is 11.5. The quantitative estimate of drug-likeness (QED) is 0.418.